The average molecular weight is 292 g/mol. The standard InChI is InChI=1S/C14H20N4O3/c1-3-15-12-6-4-5-11(13(12)18(20)21)14(19)16-10-7-8-17(2)9-10/h4-6,10,15H,3,7-9H2,1-2H3,(H,16,19). The molecule has 1 heterocycles. The fraction of sp³-hybridized carbons (Fsp3) is 0.500. The minimum atomic E-state index is -0.506. The van der Waals surface area contributed by atoms with E-state index in [1.807, 2.05) is 14.0 Å². The first kappa shape index (κ1) is 15.2. The van der Waals surface area contributed by atoms with E-state index in [-0.39, 0.29) is 23.2 Å². The van der Waals surface area contributed by atoms with Crippen LogP contribution in [0, 0.1) is 10.1 Å². The summed E-state index contributed by atoms with van der Waals surface area (Å²) in [5.74, 6) is -0.387. The molecule has 2 rings (SSSR count). The van der Waals surface area contributed by atoms with Gasteiger partial charge >= 0.3 is 5.69 Å². The molecule has 114 valence electrons. The number of anilines is 1. The van der Waals surface area contributed by atoms with Crippen molar-refractivity contribution >= 4 is 17.3 Å². The molecule has 1 aliphatic heterocycles. The molecule has 1 aromatic rings. The second kappa shape index (κ2) is 6.53. The first-order valence-electron chi connectivity index (χ1n) is 7.03. The summed E-state index contributed by atoms with van der Waals surface area (Å²) in [5, 5.41) is 17.1. The van der Waals surface area contributed by atoms with Gasteiger partial charge in [0.2, 0.25) is 0 Å². The van der Waals surface area contributed by atoms with Gasteiger partial charge in [0.1, 0.15) is 11.3 Å². The quantitative estimate of drug-likeness (QED) is 0.633. The highest BCUT2D eigenvalue weighted by molar-refractivity contribution is 6.00. The summed E-state index contributed by atoms with van der Waals surface area (Å²) in [4.78, 5) is 25.2. The Morgan fingerprint density at radius 2 is 2.29 bits per heavy atom. The van der Waals surface area contributed by atoms with E-state index in [1.165, 1.54) is 6.07 Å². The number of rotatable bonds is 5. The second-order valence-electron chi connectivity index (χ2n) is 5.21. The molecule has 2 N–H and O–H groups in total. The molecule has 1 aromatic carbocycles. The van der Waals surface area contributed by atoms with Gasteiger partial charge in [-0.25, -0.2) is 0 Å². The van der Waals surface area contributed by atoms with Crippen LogP contribution in [0.5, 0.6) is 0 Å². The number of carbonyl (C=O) groups excluding carboxylic acids is 1. The first-order chi connectivity index (χ1) is 10.0. The van der Waals surface area contributed by atoms with Gasteiger partial charge < -0.3 is 15.5 Å². The van der Waals surface area contributed by atoms with Gasteiger partial charge in [-0.15, -0.1) is 0 Å². The fourth-order valence-electron chi connectivity index (χ4n) is 2.57. The van der Waals surface area contributed by atoms with Crippen LogP contribution in [0.25, 0.3) is 0 Å². The SMILES string of the molecule is CCNc1cccc(C(=O)NC2CCN(C)C2)c1[N+](=O)[O-]. The van der Waals surface area contributed by atoms with E-state index in [0.29, 0.717) is 12.2 Å². The fourth-order valence-corrected chi connectivity index (χ4v) is 2.57. The van der Waals surface area contributed by atoms with Crippen molar-refractivity contribution in [1.29, 1.82) is 0 Å². The van der Waals surface area contributed by atoms with Crippen LogP contribution in [0.15, 0.2) is 18.2 Å². The molecule has 1 amide bonds. The Morgan fingerprint density at radius 1 is 1.52 bits per heavy atom. The van der Waals surface area contributed by atoms with Crippen LogP contribution in [0.1, 0.15) is 23.7 Å². The number of hydrogen-bond donors (Lipinski definition) is 2. The molecule has 1 atom stereocenters. The number of nitro benzene ring substituents is 1. The van der Waals surface area contributed by atoms with Gasteiger partial charge in [-0.05, 0) is 39.1 Å². The zero-order valence-electron chi connectivity index (χ0n) is 12.3. The molecule has 0 aromatic heterocycles. The van der Waals surface area contributed by atoms with Gasteiger partial charge in [-0.1, -0.05) is 6.07 Å². The summed E-state index contributed by atoms with van der Waals surface area (Å²) >= 11 is 0. The number of para-hydroxylation sites is 1. The highest BCUT2D eigenvalue weighted by Gasteiger charge is 2.27. The molecule has 0 bridgehead atoms. The number of likely N-dealkylation sites (tertiary alicyclic amines) is 1. The predicted molar refractivity (Wildman–Crippen MR) is 80.6 cm³/mol. The van der Waals surface area contributed by atoms with Crippen LogP contribution >= 0.6 is 0 Å². The first-order valence-corrected chi connectivity index (χ1v) is 7.03. The summed E-state index contributed by atoms with van der Waals surface area (Å²) in [7, 11) is 1.99. The van der Waals surface area contributed by atoms with E-state index in [0.717, 1.165) is 19.5 Å². The lowest BCUT2D eigenvalue weighted by Crippen LogP contribution is -2.36. The van der Waals surface area contributed by atoms with Gasteiger partial charge in [0.25, 0.3) is 5.91 Å². The molecule has 0 spiro atoms. The number of likely N-dealkylation sites (N-methyl/N-ethyl adjacent to an activating group) is 1. The number of nitrogens with zero attached hydrogens (tertiary/aromatic N) is 2. The summed E-state index contributed by atoms with van der Waals surface area (Å²) in [6, 6.07) is 4.81. The van der Waals surface area contributed by atoms with Crippen LogP contribution < -0.4 is 10.6 Å². The van der Waals surface area contributed by atoms with Gasteiger partial charge in [-0.2, -0.15) is 0 Å². The van der Waals surface area contributed by atoms with Crippen LogP contribution in [-0.4, -0.2) is 48.5 Å². The third-order valence-electron chi connectivity index (χ3n) is 3.56. The molecule has 21 heavy (non-hydrogen) atoms. The van der Waals surface area contributed by atoms with Crippen LogP contribution in [0.2, 0.25) is 0 Å². The smallest absolute Gasteiger partial charge is 0.305 e. The molecule has 1 fully saturated rings. The van der Waals surface area contributed by atoms with E-state index in [2.05, 4.69) is 15.5 Å². The van der Waals surface area contributed by atoms with Crippen LogP contribution in [0.4, 0.5) is 11.4 Å². The van der Waals surface area contributed by atoms with Gasteiger partial charge in [0, 0.05) is 19.1 Å². The average Bonchev–Trinajstić information content (AvgIpc) is 2.84. The van der Waals surface area contributed by atoms with Crippen molar-refractivity contribution in [3.05, 3.63) is 33.9 Å². The van der Waals surface area contributed by atoms with E-state index in [4.69, 9.17) is 0 Å². The molecule has 7 heteroatoms. The third kappa shape index (κ3) is 3.49. The zero-order chi connectivity index (χ0) is 15.4. The number of benzene rings is 1. The number of hydrogen-bond acceptors (Lipinski definition) is 5. The second-order valence-corrected chi connectivity index (χ2v) is 5.21. The van der Waals surface area contributed by atoms with Crippen molar-refractivity contribution in [2.75, 3.05) is 32.0 Å². The van der Waals surface area contributed by atoms with Gasteiger partial charge in [0.15, 0.2) is 0 Å². The lowest BCUT2D eigenvalue weighted by molar-refractivity contribution is -0.384. The Hall–Kier alpha value is -2.15. The molecule has 0 saturated carbocycles. The van der Waals surface area contributed by atoms with Gasteiger partial charge in [0.05, 0.1) is 4.92 Å². The number of amides is 1. The molecular weight excluding hydrogens is 272 g/mol. The Morgan fingerprint density at radius 3 is 2.86 bits per heavy atom. The van der Waals surface area contributed by atoms with Crippen LogP contribution in [-0.2, 0) is 0 Å². The lowest BCUT2D eigenvalue weighted by atomic mass is 10.1. The van der Waals surface area contributed by atoms with E-state index >= 15 is 0 Å². The topological polar surface area (TPSA) is 87.5 Å². The lowest BCUT2D eigenvalue weighted by Gasteiger charge is -2.14. The van der Waals surface area contributed by atoms with Gasteiger partial charge in [-0.3, -0.25) is 14.9 Å². The largest absolute Gasteiger partial charge is 0.380 e. The van der Waals surface area contributed by atoms with Crippen molar-refractivity contribution in [2.24, 2.45) is 0 Å². The Balaban J connectivity index is 2.23. The van der Waals surface area contributed by atoms with Crippen molar-refractivity contribution in [1.82, 2.24) is 10.2 Å². The minimum Gasteiger partial charge on any atom is -0.380 e. The van der Waals surface area contributed by atoms with E-state index in [1.54, 1.807) is 12.1 Å². The van der Waals surface area contributed by atoms with Crippen molar-refractivity contribution < 1.29 is 9.72 Å². The highest BCUT2D eigenvalue weighted by atomic mass is 16.6. The number of nitrogens with one attached hydrogen (secondary N) is 2. The number of carbonyl (C=O) groups is 1. The monoisotopic (exact) mass is 292 g/mol. The maximum atomic E-state index is 12.3. The minimum absolute atomic E-state index is 0.0462. The number of nitro groups is 1. The third-order valence-corrected chi connectivity index (χ3v) is 3.56. The summed E-state index contributed by atoms with van der Waals surface area (Å²) in [6.07, 6.45) is 0.864. The van der Waals surface area contributed by atoms with Crippen LogP contribution in [0.3, 0.4) is 0 Å². The van der Waals surface area contributed by atoms with E-state index < -0.39 is 4.92 Å². The zero-order valence-corrected chi connectivity index (χ0v) is 12.3. The Labute approximate surface area is 123 Å². The molecule has 1 saturated heterocycles. The summed E-state index contributed by atoms with van der Waals surface area (Å²) < 4.78 is 0. The predicted octanol–water partition coefficient (Wildman–Crippen LogP) is 1.46. The van der Waals surface area contributed by atoms with Crippen molar-refractivity contribution in [2.45, 2.75) is 19.4 Å². The maximum absolute atomic E-state index is 12.3. The molecule has 0 radical (unpaired) electrons. The molecule has 0 aliphatic carbocycles. The van der Waals surface area contributed by atoms with E-state index in [9.17, 15) is 14.9 Å². The summed E-state index contributed by atoms with van der Waals surface area (Å²) in [6.45, 7) is 4.10. The van der Waals surface area contributed by atoms with Crippen molar-refractivity contribution in [3.8, 4) is 0 Å². The normalized spacial score (nSPS) is 18.5. The molecule has 1 unspecified atom stereocenters. The maximum Gasteiger partial charge on any atom is 0.305 e. The van der Waals surface area contributed by atoms with Crippen molar-refractivity contribution in [3.63, 3.8) is 0 Å². The summed E-state index contributed by atoms with van der Waals surface area (Å²) in [5.41, 5.74) is 0.315. The molecule has 7 nitrogen and oxygen atoms in total. The molecular formula is C14H20N4O3. The Kier molecular flexibility index (Phi) is 4.74. The Bertz CT molecular complexity index is 547. The molecule has 1 aliphatic rings. The highest BCUT2D eigenvalue weighted by Crippen LogP contribution is 2.28.